The fourth-order valence-electron chi connectivity index (χ4n) is 3.82. The van der Waals surface area contributed by atoms with Gasteiger partial charge in [-0.3, -0.25) is 0 Å². The van der Waals surface area contributed by atoms with Gasteiger partial charge in [-0.1, -0.05) is 0 Å². The van der Waals surface area contributed by atoms with Crippen molar-refractivity contribution >= 4 is 17.7 Å². The summed E-state index contributed by atoms with van der Waals surface area (Å²) in [6.07, 6.45) is 7.13. The first-order valence-corrected chi connectivity index (χ1v) is 9.28. The highest BCUT2D eigenvalue weighted by Gasteiger charge is 2.24. The average Bonchev–Trinajstić information content (AvgIpc) is 2.68. The zero-order valence-corrected chi connectivity index (χ0v) is 14.8. The third-order valence-corrected chi connectivity index (χ3v) is 5.24. The lowest BCUT2D eigenvalue weighted by Gasteiger charge is -2.34. The first kappa shape index (κ1) is 17.0. The van der Waals surface area contributed by atoms with Crippen LogP contribution in [0.15, 0.2) is 24.5 Å². The SMILES string of the molecule is Nc1nccc(C2CCN(c3nccc(N4CCCC(O)C4)n3)CC2)n1. The van der Waals surface area contributed by atoms with Crippen molar-refractivity contribution in [2.75, 3.05) is 41.7 Å². The smallest absolute Gasteiger partial charge is 0.227 e. The van der Waals surface area contributed by atoms with E-state index in [1.54, 1.807) is 6.20 Å². The lowest BCUT2D eigenvalue weighted by molar-refractivity contribution is 0.154. The van der Waals surface area contributed by atoms with E-state index in [-0.39, 0.29) is 6.10 Å². The van der Waals surface area contributed by atoms with Crippen LogP contribution >= 0.6 is 0 Å². The van der Waals surface area contributed by atoms with Crippen LogP contribution in [0.1, 0.15) is 37.3 Å². The molecule has 2 aromatic rings. The summed E-state index contributed by atoms with van der Waals surface area (Å²) in [4.78, 5) is 21.9. The standard InChI is InChI=1S/C18H25N7O/c19-17-20-7-3-15(22-17)13-5-10-24(11-6-13)18-21-8-4-16(23-18)25-9-1-2-14(26)12-25/h3-4,7-8,13-14,26H,1-2,5-6,9-12H2,(H2,19,20,22). The number of nitrogens with two attached hydrogens (primary N) is 1. The van der Waals surface area contributed by atoms with Crippen molar-refractivity contribution in [1.82, 2.24) is 19.9 Å². The lowest BCUT2D eigenvalue weighted by Crippen LogP contribution is -2.39. The second-order valence-corrected chi connectivity index (χ2v) is 7.06. The minimum Gasteiger partial charge on any atom is -0.391 e. The van der Waals surface area contributed by atoms with E-state index in [9.17, 15) is 5.11 Å². The topological polar surface area (TPSA) is 104 Å². The summed E-state index contributed by atoms with van der Waals surface area (Å²) < 4.78 is 0. The Morgan fingerprint density at radius 3 is 2.54 bits per heavy atom. The van der Waals surface area contributed by atoms with Crippen LogP contribution in [-0.4, -0.2) is 57.3 Å². The predicted octanol–water partition coefficient (Wildman–Crippen LogP) is 1.19. The zero-order valence-electron chi connectivity index (χ0n) is 14.8. The predicted molar refractivity (Wildman–Crippen MR) is 100 cm³/mol. The van der Waals surface area contributed by atoms with E-state index >= 15 is 0 Å². The summed E-state index contributed by atoms with van der Waals surface area (Å²) in [6.45, 7) is 3.36. The number of nitrogen functional groups attached to an aromatic ring is 1. The maximum Gasteiger partial charge on any atom is 0.227 e. The van der Waals surface area contributed by atoms with E-state index < -0.39 is 0 Å². The van der Waals surface area contributed by atoms with E-state index in [1.807, 2.05) is 18.3 Å². The second kappa shape index (κ2) is 7.41. The highest BCUT2D eigenvalue weighted by Crippen LogP contribution is 2.29. The second-order valence-electron chi connectivity index (χ2n) is 7.06. The van der Waals surface area contributed by atoms with Crippen LogP contribution in [0.3, 0.4) is 0 Å². The highest BCUT2D eigenvalue weighted by atomic mass is 16.3. The number of anilines is 3. The van der Waals surface area contributed by atoms with E-state index in [4.69, 9.17) is 10.7 Å². The Hall–Kier alpha value is -2.48. The minimum absolute atomic E-state index is 0.266. The van der Waals surface area contributed by atoms with Crippen LogP contribution in [-0.2, 0) is 0 Å². The number of hydrogen-bond acceptors (Lipinski definition) is 8. The Kier molecular flexibility index (Phi) is 4.83. The van der Waals surface area contributed by atoms with Gasteiger partial charge in [0.15, 0.2) is 0 Å². The lowest BCUT2D eigenvalue weighted by atomic mass is 9.93. The molecule has 0 aromatic carbocycles. The van der Waals surface area contributed by atoms with Crippen LogP contribution in [0.4, 0.5) is 17.7 Å². The van der Waals surface area contributed by atoms with Crippen LogP contribution in [0.5, 0.6) is 0 Å². The molecule has 2 fully saturated rings. The Labute approximate surface area is 153 Å². The molecule has 0 bridgehead atoms. The zero-order chi connectivity index (χ0) is 17.9. The fourth-order valence-corrected chi connectivity index (χ4v) is 3.82. The average molecular weight is 355 g/mol. The van der Waals surface area contributed by atoms with Gasteiger partial charge in [-0.2, -0.15) is 4.98 Å². The van der Waals surface area contributed by atoms with Gasteiger partial charge >= 0.3 is 0 Å². The molecular weight excluding hydrogens is 330 g/mol. The molecular formula is C18H25N7O. The maximum absolute atomic E-state index is 9.90. The fraction of sp³-hybridized carbons (Fsp3) is 0.556. The van der Waals surface area contributed by atoms with Crippen LogP contribution < -0.4 is 15.5 Å². The molecule has 0 radical (unpaired) electrons. The summed E-state index contributed by atoms with van der Waals surface area (Å²) >= 11 is 0. The molecule has 8 heteroatoms. The van der Waals surface area contributed by atoms with Gasteiger partial charge in [0.05, 0.1) is 6.10 Å². The normalized spacial score (nSPS) is 21.8. The summed E-state index contributed by atoms with van der Waals surface area (Å²) in [6, 6.07) is 3.88. The third-order valence-electron chi connectivity index (χ3n) is 5.24. The number of rotatable bonds is 3. The van der Waals surface area contributed by atoms with Gasteiger partial charge in [0.1, 0.15) is 5.82 Å². The number of aliphatic hydroxyl groups is 1. The molecule has 1 atom stereocenters. The molecule has 2 aromatic heterocycles. The highest BCUT2D eigenvalue weighted by molar-refractivity contribution is 5.44. The quantitative estimate of drug-likeness (QED) is 0.846. The Bertz CT molecular complexity index is 748. The molecule has 1 unspecified atom stereocenters. The number of piperidine rings is 2. The number of nitrogens with zero attached hydrogens (tertiary/aromatic N) is 6. The van der Waals surface area contributed by atoms with Crippen molar-refractivity contribution < 1.29 is 5.11 Å². The molecule has 0 spiro atoms. The van der Waals surface area contributed by atoms with Gasteiger partial charge in [0, 0.05) is 50.2 Å². The molecule has 2 aliphatic heterocycles. The molecule has 2 aliphatic rings. The van der Waals surface area contributed by atoms with Crippen LogP contribution in [0.25, 0.3) is 0 Å². The third kappa shape index (κ3) is 3.70. The first-order valence-electron chi connectivity index (χ1n) is 9.28. The minimum atomic E-state index is -0.266. The molecule has 8 nitrogen and oxygen atoms in total. The number of aromatic nitrogens is 4. The van der Waals surface area contributed by atoms with E-state index in [0.717, 1.165) is 62.8 Å². The van der Waals surface area contributed by atoms with Crippen molar-refractivity contribution in [2.45, 2.75) is 37.7 Å². The Balaban J connectivity index is 1.42. The molecule has 3 N–H and O–H groups in total. The van der Waals surface area contributed by atoms with Gasteiger partial charge in [-0.25, -0.2) is 15.0 Å². The Morgan fingerprint density at radius 2 is 1.77 bits per heavy atom. The van der Waals surface area contributed by atoms with E-state index in [0.29, 0.717) is 18.4 Å². The van der Waals surface area contributed by atoms with E-state index in [2.05, 4.69) is 24.8 Å². The molecule has 138 valence electrons. The largest absolute Gasteiger partial charge is 0.391 e. The van der Waals surface area contributed by atoms with Crippen LogP contribution in [0.2, 0.25) is 0 Å². The van der Waals surface area contributed by atoms with Crippen molar-refractivity contribution in [3.63, 3.8) is 0 Å². The van der Waals surface area contributed by atoms with Crippen molar-refractivity contribution in [2.24, 2.45) is 0 Å². The monoisotopic (exact) mass is 355 g/mol. The molecule has 4 heterocycles. The molecule has 2 saturated heterocycles. The summed E-state index contributed by atoms with van der Waals surface area (Å²) in [5.41, 5.74) is 6.73. The summed E-state index contributed by atoms with van der Waals surface area (Å²) in [5, 5.41) is 9.90. The van der Waals surface area contributed by atoms with Crippen molar-refractivity contribution in [3.8, 4) is 0 Å². The molecule has 4 rings (SSSR count). The number of aliphatic hydroxyl groups excluding tert-OH is 1. The number of β-amino-alcohol motifs (C(OH)–C–C–N with tert-alkyl or cyclic N) is 1. The molecule has 0 saturated carbocycles. The molecule has 0 aliphatic carbocycles. The van der Waals surface area contributed by atoms with Gasteiger partial charge < -0.3 is 20.6 Å². The molecule has 0 amide bonds. The van der Waals surface area contributed by atoms with Crippen molar-refractivity contribution in [3.05, 3.63) is 30.2 Å². The number of hydrogen-bond donors (Lipinski definition) is 2. The van der Waals surface area contributed by atoms with Gasteiger partial charge in [-0.15, -0.1) is 0 Å². The Morgan fingerprint density at radius 1 is 0.962 bits per heavy atom. The van der Waals surface area contributed by atoms with E-state index in [1.165, 1.54) is 0 Å². The van der Waals surface area contributed by atoms with Gasteiger partial charge in [0.25, 0.3) is 0 Å². The first-order chi connectivity index (χ1) is 12.7. The summed E-state index contributed by atoms with van der Waals surface area (Å²) in [5.74, 6) is 2.41. The van der Waals surface area contributed by atoms with Crippen molar-refractivity contribution in [1.29, 1.82) is 0 Å². The van der Waals surface area contributed by atoms with Gasteiger partial charge in [0.2, 0.25) is 11.9 Å². The summed E-state index contributed by atoms with van der Waals surface area (Å²) in [7, 11) is 0. The van der Waals surface area contributed by atoms with Gasteiger partial charge in [-0.05, 0) is 37.8 Å². The van der Waals surface area contributed by atoms with Crippen LogP contribution in [0, 0.1) is 0 Å². The maximum atomic E-state index is 9.90. The molecule has 26 heavy (non-hydrogen) atoms.